The molecular weight excluding hydrogens is 872 g/mol. The van der Waals surface area contributed by atoms with Crippen LogP contribution in [0.5, 0.6) is 0 Å². The molecule has 0 amide bonds. The minimum absolute atomic E-state index is 0. The summed E-state index contributed by atoms with van der Waals surface area (Å²) < 4.78 is 2.75. The molecule has 0 radical (unpaired) electrons. The molecule has 5 rings (SSSR count). The Hall–Kier alpha value is -1.04. The van der Waals surface area contributed by atoms with Crippen molar-refractivity contribution in [2.75, 3.05) is 0 Å². The Morgan fingerprint density at radius 2 is 0.694 bits per heavy atom. The Morgan fingerprint density at radius 3 is 0.980 bits per heavy atom. The Kier molecular flexibility index (Phi) is 13.1. The van der Waals surface area contributed by atoms with E-state index in [1.165, 1.54) is 85.0 Å². The van der Waals surface area contributed by atoms with Gasteiger partial charge in [0.05, 0.1) is 0 Å². The fourth-order valence-electron chi connectivity index (χ4n) is 7.73. The van der Waals surface area contributed by atoms with E-state index in [0.29, 0.717) is 0 Å². The van der Waals surface area contributed by atoms with Crippen molar-refractivity contribution in [3.8, 4) is 11.1 Å². The molecule has 0 aromatic heterocycles. The van der Waals surface area contributed by atoms with Gasteiger partial charge >= 0.3 is 0 Å². The first-order valence-electron chi connectivity index (χ1n) is 17.7. The molecule has 0 nitrogen and oxygen atoms in total. The zero-order valence-electron chi connectivity index (χ0n) is 33.5. The van der Waals surface area contributed by atoms with Crippen LogP contribution < -0.4 is 0 Å². The third kappa shape index (κ3) is 9.69. The van der Waals surface area contributed by atoms with Gasteiger partial charge in [-0.1, -0.05) is 119 Å². The third-order valence-corrected chi connectivity index (χ3v) is 12.0. The van der Waals surface area contributed by atoms with Gasteiger partial charge in [0.2, 0.25) is 0 Å². The maximum atomic E-state index is 2.51. The number of benzene rings is 4. The van der Waals surface area contributed by atoms with E-state index in [4.69, 9.17) is 0 Å². The summed E-state index contributed by atoms with van der Waals surface area (Å²) in [5.41, 5.74) is 21.1. The normalized spacial score (nSPS) is 12.9. The average molecular weight is 932 g/mol. The van der Waals surface area contributed by atoms with Crippen LogP contribution in [0.15, 0.2) is 48.5 Å². The van der Waals surface area contributed by atoms with E-state index in [0.717, 1.165) is 12.8 Å². The van der Waals surface area contributed by atoms with Gasteiger partial charge in [0.15, 0.2) is 0 Å². The number of hydrogen-bond donors (Lipinski definition) is 0. The van der Waals surface area contributed by atoms with E-state index < -0.39 is 0 Å². The number of hydrogen-bond acceptors (Lipinski definition) is 0. The summed E-state index contributed by atoms with van der Waals surface area (Å²) in [6.07, 6.45) is 2.09. The zero-order valence-corrected chi connectivity index (χ0v) is 40.8. The van der Waals surface area contributed by atoms with Crippen molar-refractivity contribution in [2.45, 2.75) is 145 Å². The van der Waals surface area contributed by atoms with Crippen molar-refractivity contribution < 1.29 is 19.5 Å². The van der Waals surface area contributed by atoms with Gasteiger partial charge in [-0.2, -0.15) is 0 Å². The van der Waals surface area contributed by atoms with Gasteiger partial charge < -0.3 is 0 Å². The molecule has 4 aromatic carbocycles. The van der Waals surface area contributed by atoms with Crippen molar-refractivity contribution in [1.82, 2.24) is 0 Å². The largest absolute Gasteiger partial charge is 0.0561 e. The van der Waals surface area contributed by atoms with Crippen LogP contribution >= 0.6 is 45.2 Å². The van der Waals surface area contributed by atoms with Crippen LogP contribution in [0.4, 0.5) is 0 Å². The van der Waals surface area contributed by atoms with Gasteiger partial charge in [-0.3, -0.25) is 0 Å². The van der Waals surface area contributed by atoms with E-state index in [1.54, 1.807) is 0 Å². The first-order valence-corrected chi connectivity index (χ1v) is 19.8. The molecule has 0 N–H and O–H groups in total. The van der Waals surface area contributed by atoms with Crippen LogP contribution in [0.1, 0.15) is 150 Å². The number of aryl methyl sites for hydroxylation is 4. The fourth-order valence-corrected chi connectivity index (χ4v) is 9.04. The average Bonchev–Trinajstić information content (AvgIpc) is 3.25. The molecule has 3 heteroatoms. The topological polar surface area (TPSA) is 0 Å². The predicted octanol–water partition coefficient (Wildman–Crippen LogP) is 14.2. The molecule has 0 heterocycles. The molecule has 0 aliphatic heterocycles. The summed E-state index contributed by atoms with van der Waals surface area (Å²) >= 11 is 5.01. The van der Waals surface area contributed by atoms with Crippen LogP contribution in [-0.4, -0.2) is 0 Å². The van der Waals surface area contributed by atoms with Crippen molar-refractivity contribution in [3.05, 3.63) is 122 Å². The van der Waals surface area contributed by atoms with Crippen LogP contribution in [0.25, 0.3) is 11.1 Å². The Labute approximate surface area is 340 Å². The van der Waals surface area contributed by atoms with Crippen molar-refractivity contribution in [3.63, 3.8) is 0 Å². The Balaban J connectivity index is 0.000000261. The summed E-state index contributed by atoms with van der Waals surface area (Å²) in [5, 5.41) is 0. The summed E-state index contributed by atoms with van der Waals surface area (Å²) in [5.74, 6) is 0. The molecule has 4 aromatic rings. The number of rotatable bonds is 2. The molecule has 0 fully saturated rings. The van der Waals surface area contributed by atoms with E-state index in [9.17, 15) is 0 Å². The van der Waals surface area contributed by atoms with Crippen LogP contribution in [-0.2, 0) is 54.0 Å². The molecule has 1 aliphatic rings. The second kappa shape index (κ2) is 15.1. The summed E-state index contributed by atoms with van der Waals surface area (Å²) in [7, 11) is 0. The van der Waals surface area contributed by atoms with Gasteiger partial charge in [0.1, 0.15) is 0 Å². The van der Waals surface area contributed by atoms with E-state index >= 15 is 0 Å². The first-order chi connectivity index (χ1) is 21.8. The molecule has 260 valence electrons. The minimum atomic E-state index is 0. The fraction of sp³-hybridized carbons (Fsp3) is 0.478. The number of halogens is 2. The van der Waals surface area contributed by atoms with Crippen molar-refractivity contribution in [1.29, 1.82) is 0 Å². The quantitative estimate of drug-likeness (QED) is 0.122. The maximum Gasteiger partial charge on any atom is 0.0168 e. The summed E-state index contributed by atoms with van der Waals surface area (Å²) in [4.78, 5) is 0. The second-order valence-electron chi connectivity index (χ2n) is 18.5. The second-order valence-corrected chi connectivity index (χ2v) is 20.8. The number of fused-ring (bicyclic) bond motifs is 3. The molecular formula is C46H60I2Zn. The standard InChI is InChI=1S/C23H30I2.C23H30.Zn/c1-14-9-16(20(24)12-18(14)22(3,4)5)11-17-10-15(2)19(13-21(17)25)23(6,7)8;1-14-9-16-11-17-10-15(2)21(23(6,7)8)13-19(17)18(16)12-20(14)22(3,4)5;/h9-10,12-13H,11H2,1-8H3;9-10,12-13H,11H2,1-8H3;. The van der Waals surface area contributed by atoms with Crippen LogP contribution in [0, 0.1) is 34.8 Å². The van der Waals surface area contributed by atoms with Gasteiger partial charge in [0.25, 0.3) is 0 Å². The minimum Gasteiger partial charge on any atom is -0.0561 e. The van der Waals surface area contributed by atoms with Crippen molar-refractivity contribution >= 4 is 45.2 Å². The summed E-state index contributed by atoms with van der Waals surface area (Å²) in [6.45, 7) is 36.7. The predicted molar refractivity (Wildman–Crippen MR) is 230 cm³/mol. The molecule has 1 aliphatic carbocycles. The third-order valence-electron chi connectivity index (χ3n) is 9.97. The molecule has 0 saturated carbocycles. The molecule has 0 bridgehead atoms. The van der Waals surface area contributed by atoms with Gasteiger partial charge in [-0.25, -0.2) is 0 Å². The molecule has 49 heavy (non-hydrogen) atoms. The maximum absolute atomic E-state index is 2.51. The molecule has 0 spiro atoms. The van der Waals surface area contributed by atoms with E-state index in [1.807, 2.05) is 0 Å². The molecule has 0 saturated heterocycles. The summed E-state index contributed by atoms with van der Waals surface area (Å²) in [6, 6.07) is 19.3. The van der Waals surface area contributed by atoms with Crippen LogP contribution in [0.2, 0.25) is 0 Å². The molecule has 0 unspecified atom stereocenters. The monoisotopic (exact) mass is 930 g/mol. The first kappa shape index (κ1) is 42.4. The SMILES string of the molecule is Cc1cc(Cc2cc(C)c(C(C)(C)C)cc2I)c(I)cc1C(C)(C)C.Cc1cc2c(cc1C(C)(C)C)-c1cc(C(C)(C)C)c(C)cc1C2.[Zn]. The Bertz CT molecular complexity index is 1710. The zero-order chi connectivity index (χ0) is 36.3. The molecule has 0 atom stereocenters. The van der Waals surface area contributed by atoms with E-state index in [-0.39, 0.29) is 41.1 Å². The van der Waals surface area contributed by atoms with Gasteiger partial charge in [0, 0.05) is 26.6 Å². The van der Waals surface area contributed by atoms with E-state index in [2.05, 4.69) is 204 Å². The van der Waals surface area contributed by atoms with Crippen molar-refractivity contribution in [2.24, 2.45) is 0 Å². The van der Waals surface area contributed by atoms with Gasteiger partial charge in [-0.15, -0.1) is 0 Å². The van der Waals surface area contributed by atoms with Gasteiger partial charge in [-0.05, 0) is 197 Å². The Morgan fingerprint density at radius 1 is 0.429 bits per heavy atom. The van der Waals surface area contributed by atoms with Crippen LogP contribution in [0.3, 0.4) is 0 Å². The smallest absolute Gasteiger partial charge is 0.0168 e.